The van der Waals surface area contributed by atoms with Crippen molar-refractivity contribution in [2.24, 2.45) is 0 Å². The summed E-state index contributed by atoms with van der Waals surface area (Å²) in [4.78, 5) is 0. The van der Waals surface area contributed by atoms with Gasteiger partial charge in [0.1, 0.15) is 0 Å². The normalized spacial score (nSPS) is 12.0. The molecule has 0 spiro atoms. The molecule has 0 amide bonds. The van der Waals surface area contributed by atoms with E-state index in [-0.39, 0.29) is 0 Å². The summed E-state index contributed by atoms with van der Waals surface area (Å²) < 4.78 is 0. The Balaban J connectivity index is 2.43. The van der Waals surface area contributed by atoms with Crippen LogP contribution in [0.25, 0.3) is 16.7 Å². The highest BCUT2D eigenvalue weighted by Crippen LogP contribution is 2.24. The summed E-state index contributed by atoms with van der Waals surface area (Å²) in [5.41, 5.74) is 5.04. The highest BCUT2D eigenvalue weighted by Gasteiger charge is 2.00. The van der Waals surface area contributed by atoms with E-state index in [1.807, 2.05) is 13.0 Å². The molecule has 0 heterocycles. The first-order valence-corrected chi connectivity index (χ1v) is 6.30. The quantitative estimate of drug-likeness (QED) is 0.629. The third-order valence-corrected chi connectivity index (χ3v) is 2.96. The fraction of sp³-hybridized carbons (Fsp3) is 0.111. The molecule has 0 heteroatoms. The second-order valence-electron chi connectivity index (χ2n) is 4.19. The molecular formula is C18H18. The third kappa shape index (κ3) is 2.78. The topological polar surface area (TPSA) is 0 Å². The minimum Gasteiger partial charge on any atom is -0.0871 e. The van der Waals surface area contributed by atoms with Crippen LogP contribution in [0, 0.1) is 0 Å². The Hall–Kier alpha value is -2.08. The molecule has 0 atom stereocenters. The highest BCUT2D eigenvalue weighted by molar-refractivity contribution is 5.77. The van der Waals surface area contributed by atoms with Gasteiger partial charge in [-0.3, -0.25) is 0 Å². The Bertz CT molecular complexity index is 560. The molecule has 0 saturated heterocycles. The van der Waals surface area contributed by atoms with Crippen LogP contribution in [0.5, 0.6) is 0 Å². The van der Waals surface area contributed by atoms with Crippen LogP contribution < -0.4 is 0 Å². The van der Waals surface area contributed by atoms with Crippen LogP contribution in [0.4, 0.5) is 0 Å². The van der Waals surface area contributed by atoms with Crippen molar-refractivity contribution < 1.29 is 0 Å². The fourth-order valence-electron chi connectivity index (χ4n) is 2.05. The summed E-state index contributed by atoms with van der Waals surface area (Å²) in [6.45, 7) is 4.12. The van der Waals surface area contributed by atoms with Crippen molar-refractivity contribution in [2.45, 2.75) is 13.8 Å². The molecule has 0 saturated carbocycles. The van der Waals surface area contributed by atoms with Gasteiger partial charge < -0.3 is 0 Å². The Morgan fingerprint density at radius 1 is 0.833 bits per heavy atom. The van der Waals surface area contributed by atoms with Crippen molar-refractivity contribution in [3.8, 4) is 11.1 Å². The lowest BCUT2D eigenvalue weighted by Gasteiger charge is -2.06. The zero-order valence-corrected chi connectivity index (χ0v) is 10.9. The predicted molar refractivity (Wildman–Crippen MR) is 80.3 cm³/mol. The molecule has 0 aliphatic heterocycles. The molecule has 90 valence electrons. The second-order valence-corrected chi connectivity index (χ2v) is 4.19. The van der Waals surface area contributed by atoms with Crippen LogP contribution in [-0.2, 0) is 0 Å². The SMILES string of the molecule is CC=CC(=CC)c1cccc(-c2ccccc2)c1. The summed E-state index contributed by atoms with van der Waals surface area (Å²) in [6, 6.07) is 19.1. The van der Waals surface area contributed by atoms with Crippen LogP contribution in [-0.4, -0.2) is 0 Å². The van der Waals surface area contributed by atoms with Crippen LogP contribution >= 0.6 is 0 Å². The maximum atomic E-state index is 2.24. The number of rotatable bonds is 3. The summed E-state index contributed by atoms with van der Waals surface area (Å²) in [5.74, 6) is 0. The Kier molecular flexibility index (Phi) is 4.14. The third-order valence-electron chi connectivity index (χ3n) is 2.96. The van der Waals surface area contributed by atoms with E-state index in [9.17, 15) is 0 Å². The van der Waals surface area contributed by atoms with Crippen molar-refractivity contribution >= 4 is 5.57 Å². The lowest BCUT2D eigenvalue weighted by atomic mass is 9.99. The first-order chi connectivity index (χ1) is 8.85. The van der Waals surface area contributed by atoms with E-state index in [2.05, 4.69) is 73.7 Å². The van der Waals surface area contributed by atoms with Gasteiger partial charge in [0.2, 0.25) is 0 Å². The van der Waals surface area contributed by atoms with E-state index in [1.54, 1.807) is 0 Å². The molecule has 2 rings (SSSR count). The summed E-state index contributed by atoms with van der Waals surface area (Å²) in [5, 5.41) is 0. The molecule has 0 aromatic heterocycles. The minimum atomic E-state index is 1.26. The molecule has 18 heavy (non-hydrogen) atoms. The van der Waals surface area contributed by atoms with E-state index in [1.165, 1.54) is 22.3 Å². The van der Waals surface area contributed by atoms with Gasteiger partial charge in [-0.1, -0.05) is 66.8 Å². The van der Waals surface area contributed by atoms with Gasteiger partial charge in [0.15, 0.2) is 0 Å². The molecule has 0 nitrogen and oxygen atoms in total. The smallest absolute Gasteiger partial charge is 0.0178 e. The molecule has 0 aliphatic rings. The van der Waals surface area contributed by atoms with Gasteiger partial charge in [0.05, 0.1) is 0 Å². The second kappa shape index (κ2) is 6.02. The molecule has 2 aromatic rings. The largest absolute Gasteiger partial charge is 0.0871 e. The zero-order valence-electron chi connectivity index (χ0n) is 10.9. The van der Waals surface area contributed by atoms with E-state index in [0.29, 0.717) is 0 Å². The lowest BCUT2D eigenvalue weighted by Crippen LogP contribution is -1.83. The molecule has 0 unspecified atom stereocenters. The number of benzene rings is 2. The van der Waals surface area contributed by atoms with E-state index in [0.717, 1.165) is 0 Å². The fourth-order valence-corrected chi connectivity index (χ4v) is 2.05. The van der Waals surface area contributed by atoms with Gasteiger partial charge in [-0.25, -0.2) is 0 Å². The maximum Gasteiger partial charge on any atom is -0.0178 e. The maximum absolute atomic E-state index is 2.24. The van der Waals surface area contributed by atoms with Crippen molar-refractivity contribution in [1.29, 1.82) is 0 Å². The molecule has 0 radical (unpaired) electrons. The van der Waals surface area contributed by atoms with E-state index < -0.39 is 0 Å². The van der Waals surface area contributed by atoms with Gasteiger partial charge in [0, 0.05) is 0 Å². The first kappa shape index (κ1) is 12.4. The van der Waals surface area contributed by atoms with Crippen LogP contribution in [0.15, 0.2) is 72.8 Å². The van der Waals surface area contributed by atoms with Gasteiger partial charge >= 0.3 is 0 Å². The molecule has 0 fully saturated rings. The average Bonchev–Trinajstić information content (AvgIpc) is 2.46. The lowest BCUT2D eigenvalue weighted by molar-refractivity contribution is 1.56. The van der Waals surface area contributed by atoms with Gasteiger partial charge in [-0.15, -0.1) is 0 Å². The highest BCUT2D eigenvalue weighted by atomic mass is 14.0. The first-order valence-electron chi connectivity index (χ1n) is 6.30. The standard InChI is InChI=1S/C18H18/c1-3-9-15(4-2)17-12-8-13-18(14-17)16-10-6-5-7-11-16/h3-14H,1-2H3. The van der Waals surface area contributed by atoms with E-state index in [4.69, 9.17) is 0 Å². The van der Waals surface area contributed by atoms with Gasteiger partial charge in [-0.2, -0.15) is 0 Å². The molecule has 0 bridgehead atoms. The molecule has 0 aliphatic carbocycles. The Labute approximate surface area is 109 Å². The van der Waals surface area contributed by atoms with Crippen molar-refractivity contribution in [1.82, 2.24) is 0 Å². The van der Waals surface area contributed by atoms with E-state index >= 15 is 0 Å². The Morgan fingerprint density at radius 2 is 1.56 bits per heavy atom. The summed E-state index contributed by atoms with van der Waals surface area (Å²) in [7, 11) is 0. The van der Waals surface area contributed by atoms with Crippen molar-refractivity contribution in [2.75, 3.05) is 0 Å². The zero-order chi connectivity index (χ0) is 12.8. The number of hydrogen-bond acceptors (Lipinski definition) is 0. The molecule has 2 aromatic carbocycles. The average molecular weight is 234 g/mol. The molecule has 0 N–H and O–H groups in total. The van der Waals surface area contributed by atoms with Crippen molar-refractivity contribution in [3.05, 3.63) is 78.4 Å². The van der Waals surface area contributed by atoms with Gasteiger partial charge in [-0.05, 0) is 42.2 Å². The van der Waals surface area contributed by atoms with Crippen LogP contribution in [0.2, 0.25) is 0 Å². The predicted octanol–water partition coefficient (Wildman–Crippen LogP) is 5.33. The Morgan fingerprint density at radius 3 is 2.22 bits per heavy atom. The number of hydrogen-bond donors (Lipinski definition) is 0. The number of allylic oxidation sites excluding steroid dienone is 4. The van der Waals surface area contributed by atoms with Gasteiger partial charge in [0.25, 0.3) is 0 Å². The summed E-state index contributed by atoms with van der Waals surface area (Å²) >= 11 is 0. The van der Waals surface area contributed by atoms with Crippen LogP contribution in [0.1, 0.15) is 19.4 Å². The minimum absolute atomic E-state index is 1.26. The van der Waals surface area contributed by atoms with Crippen LogP contribution in [0.3, 0.4) is 0 Å². The van der Waals surface area contributed by atoms with Crippen molar-refractivity contribution in [3.63, 3.8) is 0 Å². The summed E-state index contributed by atoms with van der Waals surface area (Å²) in [6.07, 6.45) is 6.36. The monoisotopic (exact) mass is 234 g/mol. The molecular weight excluding hydrogens is 216 g/mol.